The van der Waals surface area contributed by atoms with E-state index in [4.69, 9.17) is 15.2 Å². The lowest BCUT2D eigenvalue weighted by Crippen LogP contribution is -2.41. The van der Waals surface area contributed by atoms with Gasteiger partial charge in [0.05, 0.1) is 18.6 Å². The van der Waals surface area contributed by atoms with Gasteiger partial charge >= 0.3 is 0 Å². The van der Waals surface area contributed by atoms with Gasteiger partial charge in [-0.05, 0) is 43.5 Å². The Balaban J connectivity index is 2.04. The summed E-state index contributed by atoms with van der Waals surface area (Å²) in [5.74, 6) is 0.864. The van der Waals surface area contributed by atoms with Crippen LogP contribution in [0.25, 0.3) is 0 Å². The van der Waals surface area contributed by atoms with Crippen molar-refractivity contribution in [2.75, 3.05) is 25.1 Å². The Bertz CT molecular complexity index is 541. The molecule has 1 aromatic carbocycles. The lowest BCUT2D eigenvalue weighted by atomic mass is 9.81. The number of aryl methyl sites for hydroxylation is 1. The summed E-state index contributed by atoms with van der Waals surface area (Å²) < 4.78 is 11.4. The van der Waals surface area contributed by atoms with Crippen LogP contribution in [0.4, 0.5) is 5.69 Å². The number of nitrogens with one attached hydrogen (secondary N) is 1. The molecule has 24 heavy (non-hydrogen) atoms. The van der Waals surface area contributed by atoms with Crippen molar-refractivity contribution in [1.82, 2.24) is 0 Å². The highest BCUT2D eigenvalue weighted by molar-refractivity contribution is 5.95. The molecule has 0 aromatic heterocycles. The van der Waals surface area contributed by atoms with Gasteiger partial charge < -0.3 is 20.5 Å². The van der Waals surface area contributed by atoms with Crippen LogP contribution >= 0.6 is 0 Å². The van der Waals surface area contributed by atoms with E-state index in [-0.39, 0.29) is 12.0 Å². The average Bonchev–Trinajstić information content (AvgIpc) is 2.60. The topological polar surface area (TPSA) is 73.6 Å². The van der Waals surface area contributed by atoms with Gasteiger partial charge in [0.25, 0.3) is 0 Å². The van der Waals surface area contributed by atoms with Crippen LogP contribution in [0.1, 0.15) is 45.1 Å². The molecule has 0 radical (unpaired) electrons. The molecule has 0 unspecified atom stereocenters. The zero-order valence-electron chi connectivity index (χ0n) is 15.1. The van der Waals surface area contributed by atoms with Crippen molar-refractivity contribution in [3.05, 3.63) is 23.8 Å². The number of carbonyl (C=O) groups is 1. The van der Waals surface area contributed by atoms with Crippen LogP contribution in [0, 0.1) is 12.3 Å². The third-order valence-corrected chi connectivity index (χ3v) is 5.12. The number of hydrogen-bond acceptors (Lipinski definition) is 4. The number of hydrogen-bond donors (Lipinski definition) is 2. The number of carbonyl (C=O) groups excluding carboxylic acids is 1. The molecular weight excluding hydrogens is 304 g/mol. The largest absolute Gasteiger partial charge is 0.490 e. The molecule has 1 fully saturated rings. The van der Waals surface area contributed by atoms with Crippen LogP contribution in [0.15, 0.2) is 18.2 Å². The molecule has 1 heterocycles. The van der Waals surface area contributed by atoms with Crippen LogP contribution in [-0.2, 0) is 9.53 Å². The van der Waals surface area contributed by atoms with E-state index in [0.29, 0.717) is 6.54 Å². The average molecular weight is 334 g/mol. The quantitative estimate of drug-likeness (QED) is 0.803. The minimum atomic E-state index is -0.495. The fourth-order valence-corrected chi connectivity index (χ4v) is 3.05. The second-order valence-electron chi connectivity index (χ2n) is 6.56. The summed E-state index contributed by atoms with van der Waals surface area (Å²) in [7, 11) is 0. The molecule has 1 saturated heterocycles. The van der Waals surface area contributed by atoms with Gasteiger partial charge in [0.2, 0.25) is 5.91 Å². The molecule has 1 amide bonds. The van der Waals surface area contributed by atoms with Gasteiger partial charge in [-0.1, -0.05) is 13.8 Å². The first-order valence-electron chi connectivity index (χ1n) is 8.91. The Morgan fingerprint density at radius 2 is 2.00 bits per heavy atom. The maximum Gasteiger partial charge on any atom is 0.231 e. The maximum absolute atomic E-state index is 12.6. The zero-order chi connectivity index (χ0) is 17.6. The van der Waals surface area contributed by atoms with Crippen molar-refractivity contribution < 1.29 is 14.3 Å². The van der Waals surface area contributed by atoms with Crippen molar-refractivity contribution in [3.8, 4) is 5.75 Å². The van der Waals surface area contributed by atoms with Crippen LogP contribution in [0.2, 0.25) is 0 Å². The summed E-state index contributed by atoms with van der Waals surface area (Å²) in [6.45, 7) is 7.88. The smallest absolute Gasteiger partial charge is 0.231 e. The van der Waals surface area contributed by atoms with Crippen LogP contribution in [-0.4, -0.2) is 31.8 Å². The first-order chi connectivity index (χ1) is 11.5. The summed E-state index contributed by atoms with van der Waals surface area (Å²) >= 11 is 0. The molecule has 0 spiro atoms. The Morgan fingerprint density at radius 1 is 1.33 bits per heavy atom. The summed E-state index contributed by atoms with van der Waals surface area (Å²) in [6.07, 6.45) is 3.52. The number of amides is 1. The highest BCUT2D eigenvalue weighted by Gasteiger charge is 2.33. The zero-order valence-corrected chi connectivity index (χ0v) is 15.1. The van der Waals surface area contributed by atoms with Crippen LogP contribution in [0.5, 0.6) is 5.75 Å². The van der Waals surface area contributed by atoms with E-state index in [1.807, 2.05) is 39.0 Å². The summed E-state index contributed by atoms with van der Waals surface area (Å²) in [4.78, 5) is 12.6. The molecule has 5 heteroatoms. The Hall–Kier alpha value is -1.59. The van der Waals surface area contributed by atoms with Gasteiger partial charge in [0.1, 0.15) is 11.9 Å². The molecule has 3 N–H and O–H groups in total. The van der Waals surface area contributed by atoms with E-state index in [2.05, 4.69) is 5.32 Å². The second-order valence-corrected chi connectivity index (χ2v) is 6.56. The van der Waals surface area contributed by atoms with Gasteiger partial charge in [-0.25, -0.2) is 0 Å². The first-order valence-corrected chi connectivity index (χ1v) is 8.91. The predicted octanol–water partition coefficient (Wildman–Crippen LogP) is 3.26. The van der Waals surface area contributed by atoms with Gasteiger partial charge in [0, 0.05) is 25.1 Å². The third kappa shape index (κ3) is 4.28. The highest BCUT2D eigenvalue weighted by Crippen LogP contribution is 2.29. The van der Waals surface area contributed by atoms with Gasteiger partial charge in [-0.2, -0.15) is 0 Å². The van der Waals surface area contributed by atoms with Gasteiger partial charge in [-0.3, -0.25) is 4.79 Å². The Labute approximate surface area is 144 Å². The number of anilines is 1. The maximum atomic E-state index is 12.6. The van der Waals surface area contributed by atoms with Crippen molar-refractivity contribution in [1.29, 1.82) is 0 Å². The lowest BCUT2D eigenvalue weighted by molar-refractivity contribution is -0.125. The second kappa shape index (κ2) is 8.49. The van der Waals surface area contributed by atoms with E-state index in [1.54, 1.807) is 0 Å². The summed E-state index contributed by atoms with van der Waals surface area (Å²) in [6, 6.07) is 5.79. The first kappa shape index (κ1) is 18.7. The Morgan fingerprint density at radius 3 is 2.54 bits per heavy atom. The van der Waals surface area contributed by atoms with Crippen molar-refractivity contribution in [2.24, 2.45) is 11.1 Å². The molecule has 0 bridgehead atoms. The number of ether oxygens (including phenoxy) is 2. The van der Waals surface area contributed by atoms with E-state index in [9.17, 15) is 4.79 Å². The van der Waals surface area contributed by atoms with Crippen molar-refractivity contribution >= 4 is 11.6 Å². The number of rotatable bonds is 7. The molecule has 0 aliphatic carbocycles. The van der Waals surface area contributed by atoms with Crippen LogP contribution in [0.3, 0.4) is 0 Å². The molecule has 1 aromatic rings. The minimum Gasteiger partial charge on any atom is -0.490 e. The van der Waals surface area contributed by atoms with Crippen molar-refractivity contribution in [3.63, 3.8) is 0 Å². The molecule has 134 valence electrons. The van der Waals surface area contributed by atoms with Crippen molar-refractivity contribution in [2.45, 2.75) is 52.6 Å². The lowest BCUT2D eigenvalue weighted by Gasteiger charge is -2.28. The molecule has 0 atom stereocenters. The molecule has 0 saturated carbocycles. The normalized spacial score (nSPS) is 16.0. The molecule has 5 nitrogen and oxygen atoms in total. The fourth-order valence-electron chi connectivity index (χ4n) is 3.05. The third-order valence-electron chi connectivity index (χ3n) is 5.12. The Kier molecular flexibility index (Phi) is 6.63. The van der Waals surface area contributed by atoms with Gasteiger partial charge in [0.15, 0.2) is 0 Å². The molecule has 2 rings (SSSR count). The molecule has 1 aliphatic rings. The SMILES string of the molecule is CCC(CC)(CN)C(=O)Nc1ccc(OC2CCOCC2)c(C)c1. The van der Waals surface area contributed by atoms with E-state index in [0.717, 1.165) is 55.9 Å². The standard InChI is InChI=1S/C19H30N2O3/c1-4-19(5-2,13-20)18(22)21-15-6-7-17(14(3)12-15)24-16-8-10-23-11-9-16/h6-7,12,16H,4-5,8-11,13,20H2,1-3H3,(H,21,22). The minimum absolute atomic E-state index is 0.00695. The summed E-state index contributed by atoms with van der Waals surface area (Å²) in [5, 5.41) is 3.01. The van der Waals surface area contributed by atoms with E-state index in [1.165, 1.54) is 0 Å². The van der Waals surface area contributed by atoms with E-state index >= 15 is 0 Å². The fraction of sp³-hybridized carbons (Fsp3) is 0.632. The number of benzene rings is 1. The van der Waals surface area contributed by atoms with Gasteiger partial charge in [-0.15, -0.1) is 0 Å². The highest BCUT2D eigenvalue weighted by atomic mass is 16.5. The monoisotopic (exact) mass is 334 g/mol. The van der Waals surface area contributed by atoms with Crippen LogP contribution < -0.4 is 15.8 Å². The molecule has 1 aliphatic heterocycles. The predicted molar refractivity (Wildman–Crippen MR) is 96.3 cm³/mol. The van der Waals surface area contributed by atoms with E-state index < -0.39 is 5.41 Å². The summed E-state index contributed by atoms with van der Waals surface area (Å²) in [5.41, 5.74) is 7.16. The molecular formula is C19H30N2O3. The number of nitrogens with two attached hydrogens (primary N) is 1.